The van der Waals surface area contributed by atoms with E-state index in [9.17, 15) is 0 Å². The number of benzene rings is 2. The number of halogens is 2. The van der Waals surface area contributed by atoms with Crippen LogP contribution in [0.15, 0.2) is 46.9 Å². The quantitative estimate of drug-likeness (QED) is 0.427. The first kappa shape index (κ1) is 18.5. The third kappa shape index (κ3) is 4.27. The number of nitrogens with zero attached hydrogens (tertiary/aromatic N) is 2. The number of hydrogen-bond acceptors (Lipinski definition) is 6. The molecule has 2 aromatic carbocycles. The van der Waals surface area contributed by atoms with Crippen molar-refractivity contribution >= 4 is 45.9 Å². The fraction of sp³-hybridized carbons (Fsp3) is 0.111. The number of hydrogen-bond donors (Lipinski definition) is 1. The average Bonchev–Trinajstić information content (AvgIpc) is 3.12. The Hall–Kier alpha value is -2.28. The van der Waals surface area contributed by atoms with Gasteiger partial charge < -0.3 is 9.47 Å². The molecule has 0 radical (unpaired) electrons. The second kappa shape index (κ2) is 8.40. The molecule has 1 N–H and O–H groups in total. The zero-order valence-electron chi connectivity index (χ0n) is 14.0. The minimum Gasteiger partial charge on any atom is -0.493 e. The number of thiazole rings is 1. The van der Waals surface area contributed by atoms with Gasteiger partial charge in [0.25, 0.3) is 0 Å². The highest BCUT2D eigenvalue weighted by Gasteiger charge is 2.07. The summed E-state index contributed by atoms with van der Waals surface area (Å²) in [6, 6.07) is 11.0. The van der Waals surface area contributed by atoms with Crippen LogP contribution in [0, 0.1) is 0 Å². The van der Waals surface area contributed by atoms with Crippen LogP contribution in [0.25, 0.3) is 11.3 Å². The van der Waals surface area contributed by atoms with Gasteiger partial charge in [0.15, 0.2) is 11.5 Å². The second-order valence-corrected chi connectivity index (χ2v) is 6.82. The normalized spacial score (nSPS) is 10.9. The summed E-state index contributed by atoms with van der Waals surface area (Å²) in [4.78, 5) is 4.49. The Morgan fingerprint density at radius 3 is 2.58 bits per heavy atom. The molecule has 1 heterocycles. The lowest BCUT2D eigenvalue weighted by Crippen LogP contribution is -1.94. The summed E-state index contributed by atoms with van der Waals surface area (Å²) in [7, 11) is 3.19. The number of nitrogens with one attached hydrogen (secondary N) is 1. The molecule has 8 heteroatoms. The summed E-state index contributed by atoms with van der Waals surface area (Å²) in [6.45, 7) is 0. The smallest absolute Gasteiger partial charge is 0.203 e. The number of methoxy groups -OCH3 is 2. The van der Waals surface area contributed by atoms with Crippen LogP contribution in [0.2, 0.25) is 10.0 Å². The first-order chi connectivity index (χ1) is 12.6. The topological polar surface area (TPSA) is 55.7 Å². The van der Waals surface area contributed by atoms with E-state index in [2.05, 4.69) is 15.5 Å². The molecule has 0 aliphatic carbocycles. The van der Waals surface area contributed by atoms with Crippen molar-refractivity contribution < 1.29 is 9.47 Å². The van der Waals surface area contributed by atoms with Crippen LogP contribution in [0.3, 0.4) is 0 Å². The Kier molecular flexibility index (Phi) is 5.98. The van der Waals surface area contributed by atoms with Crippen molar-refractivity contribution in [2.75, 3.05) is 19.6 Å². The molecule has 0 unspecified atom stereocenters. The van der Waals surface area contributed by atoms with E-state index in [1.54, 1.807) is 32.6 Å². The van der Waals surface area contributed by atoms with E-state index < -0.39 is 0 Å². The Morgan fingerprint density at radius 1 is 1.04 bits per heavy atom. The summed E-state index contributed by atoms with van der Waals surface area (Å²) in [5, 5.41) is 7.82. The molecule has 0 amide bonds. The molecule has 3 rings (SSSR count). The third-order valence-electron chi connectivity index (χ3n) is 3.50. The van der Waals surface area contributed by atoms with Gasteiger partial charge in [-0.2, -0.15) is 5.10 Å². The molecule has 0 aliphatic heterocycles. The van der Waals surface area contributed by atoms with Crippen molar-refractivity contribution in [2.24, 2.45) is 5.10 Å². The average molecular weight is 408 g/mol. The molecular formula is C18H15Cl2N3O2S. The summed E-state index contributed by atoms with van der Waals surface area (Å²) < 4.78 is 10.5. The van der Waals surface area contributed by atoms with Crippen molar-refractivity contribution in [3.05, 3.63) is 57.4 Å². The second-order valence-electron chi connectivity index (χ2n) is 5.15. The molecule has 0 atom stereocenters. The number of hydrazone groups is 1. The summed E-state index contributed by atoms with van der Waals surface area (Å²) in [6.07, 6.45) is 1.68. The molecule has 0 bridgehead atoms. The Labute approximate surface area is 165 Å². The van der Waals surface area contributed by atoms with Crippen molar-refractivity contribution in [1.82, 2.24) is 4.98 Å². The maximum atomic E-state index is 6.05. The van der Waals surface area contributed by atoms with Crippen molar-refractivity contribution in [1.29, 1.82) is 0 Å². The van der Waals surface area contributed by atoms with E-state index >= 15 is 0 Å². The Balaban J connectivity index is 1.70. The first-order valence-corrected chi connectivity index (χ1v) is 9.16. The Bertz CT molecular complexity index is 944. The lowest BCUT2D eigenvalue weighted by Gasteiger charge is -2.07. The van der Waals surface area contributed by atoms with Crippen LogP contribution in [0.4, 0.5) is 5.13 Å². The van der Waals surface area contributed by atoms with Crippen LogP contribution in [0.5, 0.6) is 11.5 Å². The van der Waals surface area contributed by atoms with Gasteiger partial charge in [0.1, 0.15) is 0 Å². The zero-order valence-corrected chi connectivity index (χ0v) is 16.3. The number of rotatable bonds is 6. The maximum absolute atomic E-state index is 6.05. The highest BCUT2D eigenvalue weighted by molar-refractivity contribution is 7.14. The van der Waals surface area contributed by atoms with Crippen LogP contribution in [-0.4, -0.2) is 25.4 Å². The first-order valence-electron chi connectivity index (χ1n) is 7.52. The van der Waals surface area contributed by atoms with Gasteiger partial charge >= 0.3 is 0 Å². The highest BCUT2D eigenvalue weighted by Crippen LogP contribution is 2.30. The largest absolute Gasteiger partial charge is 0.493 e. The van der Waals surface area contributed by atoms with Gasteiger partial charge in [-0.25, -0.2) is 4.98 Å². The van der Waals surface area contributed by atoms with Crippen molar-refractivity contribution in [2.45, 2.75) is 0 Å². The monoisotopic (exact) mass is 407 g/mol. The summed E-state index contributed by atoms with van der Waals surface area (Å²) in [5.41, 5.74) is 5.49. The van der Waals surface area contributed by atoms with E-state index in [4.69, 9.17) is 32.7 Å². The lowest BCUT2D eigenvalue weighted by molar-refractivity contribution is 0.355. The SMILES string of the molecule is COc1ccc(/C=N\Nc2nc(-c3ccc(Cl)c(Cl)c3)cs2)cc1OC. The molecule has 134 valence electrons. The van der Waals surface area contributed by atoms with E-state index in [0.717, 1.165) is 16.8 Å². The van der Waals surface area contributed by atoms with E-state index in [1.807, 2.05) is 29.6 Å². The minimum atomic E-state index is 0.498. The van der Waals surface area contributed by atoms with Gasteiger partial charge in [-0.05, 0) is 35.9 Å². The molecule has 5 nitrogen and oxygen atoms in total. The fourth-order valence-electron chi connectivity index (χ4n) is 2.21. The van der Waals surface area contributed by atoms with E-state index in [0.29, 0.717) is 26.7 Å². The zero-order chi connectivity index (χ0) is 18.5. The van der Waals surface area contributed by atoms with Crippen molar-refractivity contribution in [3.8, 4) is 22.8 Å². The van der Waals surface area contributed by atoms with Gasteiger partial charge in [0, 0.05) is 10.9 Å². The Morgan fingerprint density at radius 2 is 1.85 bits per heavy atom. The summed E-state index contributed by atoms with van der Waals surface area (Å²) in [5.74, 6) is 1.32. The van der Waals surface area contributed by atoms with Crippen LogP contribution < -0.4 is 14.9 Å². The number of aromatic nitrogens is 1. The van der Waals surface area contributed by atoms with Gasteiger partial charge in [0.05, 0.1) is 36.2 Å². The molecule has 1 aromatic heterocycles. The van der Waals surface area contributed by atoms with Crippen LogP contribution in [0.1, 0.15) is 5.56 Å². The maximum Gasteiger partial charge on any atom is 0.203 e. The number of anilines is 1. The lowest BCUT2D eigenvalue weighted by atomic mass is 10.2. The van der Waals surface area contributed by atoms with Gasteiger partial charge in [-0.15, -0.1) is 11.3 Å². The minimum absolute atomic E-state index is 0.498. The fourth-order valence-corrected chi connectivity index (χ4v) is 3.17. The summed E-state index contributed by atoms with van der Waals surface area (Å²) >= 11 is 13.4. The van der Waals surface area contributed by atoms with Crippen LogP contribution >= 0.6 is 34.5 Å². The van der Waals surface area contributed by atoms with Crippen LogP contribution in [-0.2, 0) is 0 Å². The highest BCUT2D eigenvalue weighted by atomic mass is 35.5. The molecule has 0 fully saturated rings. The van der Waals surface area contributed by atoms with E-state index in [-0.39, 0.29) is 0 Å². The van der Waals surface area contributed by atoms with Gasteiger partial charge in [0.2, 0.25) is 5.13 Å². The van der Waals surface area contributed by atoms with E-state index in [1.165, 1.54) is 11.3 Å². The standard InChI is InChI=1S/C18H15Cl2N3O2S/c1-24-16-6-3-11(7-17(16)25-2)9-21-23-18-22-15(10-26-18)12-4-5-13(19)14(20)8-12/h3-10H,1-2H3,(H,22,23)/b21-9-. The molecular weight excluding hydrogens is 393 g/mol. The third-order valence-corrected chi connectivity index (χ3v) is 4.99. The van der Waals surface area contributed by atoms with Gasteiger partial charge in [-0.1, -0.05) is 29.3 Å². The molecule has 26 heavy (non-hydrogen) atoms. The molecule has 0 aliphatic rings. The predicted octanol–water partition coefficient (Wildman–Crippen LogP) is 5.58. The van der Waals surface area contributed by atoms with Crippen molar-refractivity contribution in [3.63, 3.8) is 0 Å². The molecule has 0 saturated carbocycles. The molecule has 0 saturated heterocycles. The molecule has 0 spiro atoms. The molecule has 3 aromatic rings. The predicted molar refractivity (Wildman–Crippen MR) is 108 cm³/mol. The number of ether oxygens (including phenoxy) is 2. The van der Waals surface area contributed by atoms with Gasteiger partial charge in [-0.3, -0.25) is 5.43 Å².